The molecule has 2 atom stereocenters. The molecule has 3 nitrogen and oxygen atoms in total. The third-order valence-corrected chi connectivity index (χ3v) is 2.99. The maximum absolute atomic E-state index is 10.1. The second-order valence-corrected chi connectivity index (χ2v) is 4.30. The van der Waals surface area contributed by atoms with Gasteiger partial charge in [0.1, 0.15) is 0 Å². The maximum atomic E-state index is 10.1. The first-order valence-corrected chi connectivity index (χ1v) is 5.79. The van der Waals surface area contributed by atoms with Crippen molar-refractivity contribution >= 4 is 0 Å². The van der Waals surface area contributed by atoms with E-state index >= 15 is 0 Å². The minimum atomic E-state index is -0.377. The van der Waals surface area contributed by atoms with Crippen molar-refractivity contribution in [2.75, 3.05) is 0 Å². The summed E-state index contributed by atoms with van der Waals surface area (Å²) in [6.45, 7) is 6.39. The molecule has 0 spiro atoms. The van der Waals surface area contributed by atoms with Crippen LogP contribution in [0.15, 0.2) is 6.07 Å². The fourth-order valence-corrected chi connectivity index (χ4v) is 1.70. The monoisotopic (exact) mass is 210 g/mol. The van der Waals surface area contributed by atoms with Crippen LogP contribution in [0.1, 0.15) is 51.1 Å². The van der Waals surface area contributed by atoms with Crippen LogP contribution in [0, 0.1) is 5.92 Å². The van der Waals surface area contributed by atoms with E-state index in [0.29, 0.717) is 5.92 Å². The van der Waals surface area contributed by atoms with Crippen molar-refractivity contribution < 1.29 is 5.11 Å². The topological polar surface area (TPSA) is 38.0 Å². The number of aliphatic hydroxyl groups is 1. The number of rotatable bonds is 5. The Hall–Kier alpha value is -0.830. The minimum absolute atomic E-state index is 0.377. The van der Waals surface area contributed by atoms with Gasteiger partial charge in [0.15, 0.2) is 0 Å². The van der Waals surface area contributed by atoms with Crippen LogP contribution >= 0.6 is 0 Å². The number of aromatic nitrogens is 2. The Labute approximate surface area is 92.1 Å². The lowest BCUT2D eigenvalue weighted by molar-refractivity contribution is 0.138. The molecule has 1 aromatic heterocycles. The lowest BCUT2D eigenvalue weighted by Gasteiger charge is -2.14. The van der Waals surface area contributed by atoms with E-state index in [1.807, 2.05) is 13.1 Å². The molecule has 0 bridgehead atoms. The highest BCUT2D eigenvalue weighted by atomic mass is 16.3. The average Bonchev–Trinajstić information content (AvgIpc) is 2.59. The molecule has 0 fully saturated rings. The summed E-state index contributed by atoms with van der Waals surface area (Å²) >= 11 is 0. The molecule has 0 saturated heterocycles. The summed E-state index contributed by atoms with van der Waals surface area (Å²) in [6, 6.07) is 2.01. The molecule has 0 aliphatic carbocycles. The van der Waals surface area contributed by atoms with Gasteiger partial charge in [-0.3, -0.25) is 4.68 Å². The number of aryl methyl sites for hydroxylation is 2. The molecule has 0 saturated carbocycles. The Bertz CT molecular complexity index is 307. The lowest BCUT2D eigenvalue weighted by Crippen LogP contribution is -2.08. The van der Waals surface area contributed by atoms with Gasteiger partial charge in [0.25, 0.3) is 0 Å². The molecule has 0 aliphatic heterocycles. The standard InChI is InChI=1S/C12H22N2O/c1-5-9(3)7-12(15)11-8-10(6-2)13-14(11)4/h8-9,12,15H,5-7H2,1-4H3. The fraction of sp³-hybridized carbons (Fsp3) is 0.750. The van der Waals surface area contributed by atoms with E-state index in [4.69, 9.17) is 0 Å². The van der Waals surface area contributed by atoms with Crippen LogP contribution in [0.3, 0.4) is 0 Å². The number of aliphatic hydroxyl groups excluding tert-OH is 1. The van der Waals surface area contributed by atoms with Gasteiger partial charge in [-0.15, -0.1) is 0 Å². The molecule has 0 aromatic carbocycles. The Morgan fingerprint density at radius 3 is 2.60 bits per heavy atom. The molecule has 1 N–H and O–H groups in total. The molecule has 3 heteroatoms. The minimum Gasteiger partial charge on any atom is -0.387 e. The summed E-state index contributed by atoms with van der Waals surface area (Å²) in [7, 11) is 1.90. The SMILES string of the molecule is CCc1cc(C(O)CC(C)CC)n(C)n1. The highest BCUT2D eigenvalue weighted by molar-refractivity contribution is 5.12. The van der Waals surface area contributed by atoms with Crippen LogP contribution in [0.2, 0.25) is 0 Å². The van der Waals surface area contributed by atoms with Crippen molar-refractivity contribution in [2.24, 2.45) is 13.0 Å². The summed E-state index contributed by atoms with van der Waals surface area (Å²) in [5.74, 6) is 0.556. The molecule has 2 unspecified atom stereocenters. The van der Waals surface area contributed by atoms with Crippen LogP contribution in [0.25, 0.3) is 0 Å². The zero-order valence-electron chi connectivity index (χ0n) is 10.2. The third-order valence-electron chi connectivity index (χ3n) is 2.99. The van der Waals surface area contributed by atoms with Crippen LogP contribution in [0.5, 0.6) is 0 Å². The summed E-state index contributed by atoms with van der Waals surface area (Å²) < 4.78 is 1.80. The second kappa shape index (κ2) is 5.31. The fourth-order valence-electron chi connectivity index (χ4n) is 1.70. The molecule has 1 heterocycles. The molecule has 15 heavy (non-hydrogen) atoms. The van der Waals surface area contributed by atoms with Gasteiger partial charge < -0.3 is 5.11 Å². The van der Waals surface area contributed by atoms with E-state index in [0.717, 1.165) is 30.7 Å². The van der Waals surface area contributed by atoms with Gasteiger partial charge in [-0.1, -0.05) is 27.2 Å². The summed E-state index contributed by atoms with van der Waals surface area (Å²) in [5, 5.41) is 14.4. The second-order valence-electron chi connectivity index (χ2n) is 4.30. The van der Waals surface area contributed by atoms with Crippen LogP contribution in [0.4, 0.5) is 0 Å². The first-order chi connectivity index (χ1) is 7.08. The van der Waals surface area contributed by atoms with Crippen molar-refractivity contribution in [3.05, 3.63) is 17.5 Å². The van der Waals surface area contributed by atoms with Crippen LogP contribution in [-0.4, -0.2) is 14.9 Å². The van der Waals surface area contributed by atoms with E-state index < -0.39 is 0 Å². The van der Waals surface area contributed by atoms with Crippen LogP contribution < -0.4 is 0 Å². The quantitative estimate of drug-likeness (QED) is 0.810. The Kier molecular flexibility index (Phi) is 4.33. The molecule has 0 amide bonds. The van der Waals surface area contributed by atoms with Gasteiger partial charge in [-0.25, -0.2) is 0 Å². The predicted octanol–water partition coefficient (Wildman–Crippen LogP) is 2.45. The maximum Gasteiger partial charge on any atom is 0.0959 e. The predicted molar refractivity (Wildman–Crippen MR) is 61.6 cm³/mol. The van der Waals surface area contributed by atoms with Gasteiger partial charge >= 0.3 is 0 Å². The van der Waals surface area contributed by atoms with E-state index in [9.17, 15) is 5.11 Å². The Morgan fingerprint density at radius 1 is 1.47 bits per heavy atom. The van der Waals surface area contributed by atoms with Gasteiger partial charge in [0.2, 0.25) is 0 Å². The average molecular weight is 210 g/mol. The van der Waals surface area contributed by atoms with E-state index in [-0.39, 0.29) is 6.10 Å². The first kappa shape index (κ1) is 12.2. The van der Waals surface area contributed by atoms with Crippen molar-refractivity contribution in [2.45, 2.75) is 46.1 Å². The van der Waals surface area contributed by atoms with E-state index in [1.165, 1.54) is 0 Å². The summed E-state index contributed by atoms with van der Waals surface area (Å²) in [4.78, 5) is 0. The van der Waals surface area contributed by atoms with Gasteiger partial charge in [-0.05, 0) is 24.8 Å². The summed E-state index contributed by atoms with van der Waals surface area (Å²) in [6.07, 6.45) is 2.47. The molecular formula is C12H22N2O. The van der Waals surface area contributed by atoms with Crippen molar-refractivity contribution in [3.8, 4) is 0 Å². The number of hydrogen-bond acceptors (Lipinski definition) is 2. The zero-order valence-corrected chi connectivity index (χ0v) is 10.2. The number of hydrogen-bond donors (Lipinski definition) is 1. The Balaban J connectivity index is 2.72. The van der Waals surface area contributed by atoms with Gasteiger partial charge in [0.05, 0.1) is 17.5 Å². The molecule has 1 aromatic rings. The molecule has 1 rings (SSSR count). The van der Waals surface area contributed by atoms with Crippen LogP contribution in [-0.2, 0) is 13.5 Å². The van der Waals surface area contributed by atoms with Crippen molar-refractivity contribution in [1.29, 1.82) is 0 Å². The van der Waals surface area contributed by atoms with Gasteiger partial charge in [0, 0.05) is 7.05 Å². The van der Waals surface area contributed by atoms with E-state index in [2.05, 4.69) is 25.9 Å². The largest absolute Gasteiger partial charge is 0.387 e. The normalized spacial score (nSPS) is 15.3. The van der Waals surface area contributed by atoms with Crippen molar-refractivity contribution in [3.63, 3.8) is 0 Å². The highest BCUT2D eigenvalue weighted by Gasteiger charge is 2.15. The summed E-state index contributed by atoms with van der Waals surface area (Å²) in [5.41, 5.74) is 1.99. The smallest absolute Gasteiger partial charge is 0.0959 e. The molecule has 0 radical (unpaired) electrons. The van der Waals surface area contributed by atoms with Crippen molar-refractivity contribution in [1.82, 2.24) is 9.78 Å². The molecule has 0 aliphatic rings. The third kappa shape index (κ3) is 3.06. The highest BCUT2D eigenvalue weighted by Crippen LogP contribution is 2.23. The Morgan fingerprint density at radius 2 is 2.13 bits per heavy atom. The first-order valence-electron chi connectivity index (χ1n) is 5.79. The van der Waals surface area contributed by atoms with Gasteiger partial charge in [-0.2, -0.15) is 5.10 Å². The van der Waals surface area contributed by atoms with E-state index in [1.54, 1.807) is 4.68 Å². The lowest BCUT2D eigenvalue weighted by atomic mass is 9.99. The molecular weight excluding hydrogens is 188 g/mol. The molecule has 86 valence electrons. The zero-order chi connectivity index (χ0) is 11.4. The number of nitrogens with zero attached hydrogens (tertiary/aromatic N) is 2.